The van der Waals surface area contributed by atoms with Crippen LogP contribution >= 0.6 is 0 Å². The summed E-state index contributed by atoms with van der Waals surface area (Å²) in [5.41, 5.74) is 0. The number of rotatable bonds is 53. The van der Waals surface area contributed by atoms with E-state index in [0.717, 1.165) is 122 Å². The Morgan fingerprint density at radius 3 is 1.26 bits per heavy atom. The quantitative estimate of drug-likeness (QED) is 0.0380. The fourth-order valence-corrected chi connectivity index (χ4v) is 15.7. The predicted octanol–water partition coefficient (Wildman–Crippen LogP) is 17.6. The Hall–Kier alpha value is -2.60. The lowest BCUT2D eigenvalue weighted by atomic mass is 10.0. The highest BCUT2D eigenvalue weighted by Crippen LogP contribution is 2.37. The molecule has 464 valence electrons. The maximum absolute atomic E-state index is 12.7. The van der Waals surface area contributed by atoms with Crippen LogP contribution in [0, 0.1) is 0 Å². The molecule has 2 rings (SSSR count). The molecule has 0 aliphatic heterocycles. The fourth-order valence-electron chi connectivity index (χ4n) is 11.1. The van der Waals surface area contributed by atoms with E-state index in [-0.39, 0.29) is 35.8 Å². The van der Waals surface area contributed by atoms with Crippen molar-refractivity contribution in [1.82, 2.24) is 4.90 Å². The van der Waals surface area contributed by atoms with Gasteiger partial charge >= 0.3 is 11.9 Å². The number of benzene rings is 2. The first kappa shape index (κ1) is 75.4. The largest absolute Gasteiger partial charge is 0.463 e. The molecule has 0 aromatic heterocycles. The maximum Gasteiger partial charge on any atom is 0.306 e. The van der Waals surface area contributed by atoms with Crippen molar-refractivity contribution in [3.05, 3.63) is 60.7 Å². The van der Waals surface area contributed by atoms with Crippen molar-refractivity contribution >= 4 is 30.6 Å². The van der Waals surface area contributed by atoms with Gasteiger partial charge in [0, 0.05) is 26.5 Å². The van der Waals surface area contributed by atoms with Gasteiger partial charge in [-0.05, 0) is 92.7 Å². The van der Waals surface area contributed by atoms with Crippen LogP contribution in [0.2, 0.25) is 5.04 Å². The lowest BCUT2D eigenvalue weighted by Crippen LogP contribution is -2.67. The third-order valence-corrected chi connectivity index (χ3v) is 21.1. The van der Waals surface area contributed by atoms with E-state index in [1.54, 1.807) is 7.11 Å². The van der Waals surface area contributed by atoms with E-state index in [9.17, 15) is 19.8 Å². The molecule has 0 saturated heterocycles. The van der Waals surface area contributed by atoms with Gasteiger partial charge in [0.1, 0.15) is 12.7 Å². The molecule has 0 bridgehead atoms. The van der Waals surface area contributed by atoms with E-state index in [1.165, 1.54) is 139 Å². The Bertz CT molecular complexity index is 1600. The lowest BCUT2D eigenvalue weighted by Gasteiger charge is -2.43. The van der Waals surface area contributed by atoms with Crippen LogP contribution in [-0.4, -0.2) is 100 Å². The lowest BCUT2D eigenvalue weighted by molar-refractivity contribution is -0.150. The summed E-state index contributed by atoms with van der Waals surface area (Å²) >= 11 is 0. The first-order valence-corrected chi connectivity index (χ1v) is 35.5. The number of esters is 2. The van der Waals surface area contributed by atoms with Gasteiger partial charge in [-0.25, -0.2) is 0 Å². The smallest absolute Gasteiger partial charge is 0.306 e. The second kappa shape index (κ2) is 52.0. The van der Waals surface area contributed by atoms with Crippen molar-refractivity contribution in [2.24, 2.45) is 0 Å². The number of ether oxygens (including phenoxy) is 3. The standard InChI is InChI=1S/C45H89NO6.C25H38O2Si/c1-5-8-11-14-19-25-32-42(33-26-20-15-12-9-6-2)52-45(49)36-29-22-17-24-31-38-46(39-40-47)37-30-23-16-21-28-35-44(48)51-41-43(50-4)34-27-18-13-10-7-3;1-5-6-7-8-11-16-22(26)21-27-28(25(2,3)4,23-17-12-9-13-18-23)24-19-14-10-15-20-24/h42-43,47H,5-41H2,1-4H3;9-10,12-15,17-20,22,26H,5-8,11,16,21H2,1-4H3. The zero-order chi connectivity index (χ0) is 58.6. The van der Waals surface area contributed by atoms with Crippen LogP contribution in [0.5, 0.6) is 0 Å². The van der Waals surface area contributed by atoms with Crippen LogP contribution < -0.4 is 10.4 Å². The summed E-state index contributed by atoms with van der Waals surface area (Å²) in [6.07, 6.45) is 43.0. The van der Waals surface area contributed by atoms with Crippen LogP contribution in [0.1, 0.15) is 292 Å². The van der Waals surface area contributed by atoms with Gasteiger partial charge in [0.2, 0.25) is 0 Å². The summed E-state index contributed by atoms with van der Waals surface area (Å²) in [6.45, 7) is 19.5. The highest BCUT2D eigenvalue weighted by molar-refractivity contribution is 6.99. The number of unbranched alkanes of at least 4 members (excludes halogenated alkanes) is 26. The number of methoxy groups -OCH3 is 1. The van der Waals surface area contributed by atoms with E-state index < -0.39 is 14.4 Å². The predicted molar refractivity (Wildman–Crippen MR) is 343 cm³/mol. The Balaban J connectivity index is 0.000000952. The van der Waals surface area contributed by atoms with Crippen molar-refractivity contribution in [1.29, 1.82) is 0 Å². The van der Waals surface area contributed by atoms with Crippen molar-refractivity contribution in [2.45, 2.75) is 316 Å². The first-order valence-electron chi connectivity index (χ1n) is 33.6. The number of aliphatic hydroxyl groups excluding tert-OH is 2. The number of carbonyl (C=O) groups is 2. The SMILES string of the molecule is CCCCCCCC(O)CO[Si](c1ccccc1)(c1ccccc1)C(C)(C)C.CCCCCCCCC(CCCCCCCC)OC(=O)CCCCCCCN(CCO)CCCCCCCC(=O)OCC(CCCCCCC)OC. The molecule has 0 aliphatic rings. The summed E-state index contributed by atoms with van der Waals surface area (Å²) in [4.78, 5) is 27.3. The average Bonchev–Trinajstić information content (AvgIpc) is 3.65. The highest BCUT2D eigenvalue weighted by atomic mass is 28.4. The molecule has 2 unspecified atom stereocenters. The van der Waals surface area contributed by atoms with Crippen LogP contribution in [0.4, 0.5) is 0 Å². The molecule has 0 spiro atoms. The van der Waals surface area contributed by atoms with E-state index in [1.807, 2.05) is 0 Å². The third kappa shape index (κ3) is 38.3. The highest BCUT2D eigenvalue weighted by Gasteiger charge is 2.50. The molecule has 80 heavy (non-hydrogen) atoms. The van der Waals surface area contributed by atoms with Gasteiger partial charge in [0.05, 0.1) is 25.4 Å². The monoisotopic (exact) mass is 1140 g/mol. The summed E-state index contributed by atoms with van der Waals surface area (Å²) in [6, 6.07) is 21.3. The maximum atomic E-state index is 12.7. The fraction of sp³-hybridized carbons (Fsp3) is 0.800. The Kier molecular flexibility index (Phi) is 49.0. The Morgan fingerprint density at radius 1 is 0.475 bits per heavy atom. The van der Waals surface area contributed by atoms with Gasteiger partial charge < -0.3 is 33.7 Å². The van der Waals surface area contributed by atoms with E-state index in [4.69, 9.17) is 18.6 Å². The number of aliphatic hydroxyl groups is 2. The van der Waals surface area contributed by atoms with Crippen LogP contribution in [-0.2, 0) is 28.2 Å². The Morgan fingerprint density at radius 2 is 0.850 bits per heavy atom. The minimum absolute atomic E-state index is 0.00930. The van der Waals surface area contributed by atoms with Crippen molar-refractivity contribution in [3.8, 4) is 0 Å². The topological polar surface area (TPSA) is 115 Å². The average molecular weight is 1140 g/mol. The van der Waals surface area contributed by atoms with Gasteiger partial charge in [-0.3, -0.25) is 9.59 Å². The van der Waals surface area contributed by atoms with Crippen molar-refractivity contribution < 1.29 is 38.4 Å². The van der Waals surface area contributed by atoms with Crippen molar-refractivity contribution in [3.63, 3.8) is 0 Å². The number of nitrogens with zero attached hydrogens (tertiary/aromatic N) is 1. The summed E-state index contributed by atoms with van der Waals surface area (Å²) < 4.78 is 23.8. The van der Waals surface area contributed by atoms with Crippen LogP contribution in [0.3, 0.4) is 0 Å². The minimum Gasteiger partial charge on any atom is -0.463 e. The van der Waals surface area contributed by atoms with Gasteiger partial charge in [0.25, 0.3) is 8.32 Å². The molecule has 2 aromatic carbocycles. The molecular formula is C70H127NO8Si. The second-order valence-corrected chi connectivity index (χ2v) is 28.7. The molecule has 0 aliphatic carbocycles. The summed E-state index contributed by atoms with van der Waals surface area (Å²) in [5, 5.41) is 22.7. The van der Waals surface area contributed by atoms with Crippen molar-refractivity contribution in [2.75, 3.05) is 46.6 Å². The van der Waals surface area contributed by atoms with E-state index in [2.05, 4.69) is 114 Å². The molecule has 10 heteroatoms. The molecular weight excluding hydrogens is 1010 g/mol. The van der Waals surface area contributed by atoms with Crippen LogP contribution in [0.25, 0.3) is 0 Å². The molecule has 2 aromatic rings. The molecule has 0 radical (unpaired) electrons. The molecule has 9 nitrogen and oxygen atoms in total. The molecule has 0 amide bonds. The number of hydrogen-bond donors (Lipinski definition) is 2. The van der Waals surface area contributed by atoms with E-state index >= 15 is 0 Å². The number of hydrogen-bond acceptors (Lipinski definition) is 9. The van der Waals surface area contributed by atoms with Gasteiger partial charge in [-0.2, -0.15) is 0 Å². The molecule has 0 fully saturated rings. The molecule has 0 heterocycles. The zero-order valence-corrected chi connectivity index (χ0v) is 54.4. The van der Waals surface area contributed by atoms with Crippen LogP contribution in [0.15, 0.2) is 60.7 Å². The molecule has 2 N–H and O–H groups in total. The van der Waals surface area contributed by atoms with Gasteiger partial charge in [0.15, 0.2) is 0 Å². The number of carbonyl (C=O) groups excluding carboxylic acids is 2. The van der Waals surface area contributed by atoms with Gasteiger partial charge in [-0.1, -0.05) is 276 Å². The first-order chi connectivity index (χ1) is 38.9. The zero-order valence-electron chi connectivity index (χ0n) is 53.4. The molecule has 0 saturated carbocycles. The third-order valence-electron chi connectivity index (χ3n) is 16.1. The van der Waals surface area contributed by atoms with E-state index in [0.29, 0.717) is 26.1 Å². The second-order valence-electron chi connectivity index (χ2n) is 24.4. The minimum atomic E-state index is -2.53. The summed E-state index contributed by atoms with van der Waals surface area (Å²) in [5.74, 6) is -0.0941. The summed E-state index contributed by atoms with van der Waals surface area (Å²) in [7, 11) is -0.825. The molecule has 2 atom stereocenters. The normalized spacial score (nSPS) is 12.7. The Labute approximate surface area is 494 Å². The van der Waals surface area contributed by atoms with Gasteiger partial charge in [-0.15, -0.1) is 0 Å².